The zero-order valence-electron chi connectivity index (χ0n) is 2.02. The second kappa shape index (κ2) is 36.7. The molecule has 0 aromatic rings. The molecule has 0 aliphatic rings. The fourth-order valence-electron chi connectivity index (χ4n) is 0. The van der Waals surface area contributed by atoms with Gasteiger partial charge < -0.3 is 5.48 Å². The maximum Gasteiger partial charge on any atom is 3.00 e. The SMILES string of the molecule is [Al+3].[Cu+2].[Fe+2].[Mn+2].[O-2]. The molecule has 0 saturated heterocycles. The molecule has 0 aromatic carbocycles. The maximum atomic E-state index is 0. The first-order valence-corrected chi connectivity index (χ1v) is 0. The van der Waals surface area contributed by atoms with E-state index in [2.05, 4.69) is 0 Å². The Morgan fingerprint density at radius 3 is 1.00 bits per heavy atom. The van der Waals surface area contributed by atoms with E-state index in [0.717, 1.165) is 0 Å². The van der Waals surface area contributed by atoms with Gasteiger partial charge in [0.2, 0.25) is 0 Å². The summed E-state index contributed by atoms with van der Waals surface area (Å²) in [5, 5.41) is 0. The molecule has 5 heavy (non-hydrogen) atoms. The molecular formula is AlCuFeMnO+7. The molecule has 0 N–H and O–H groups in total. The summed E-state index contributed by atoms with van der Waals surface area (Å²) in [7, 11) is 0. The first kappa shape index (κ1) is 61.4. The number of hydrogen-bond donors (Lipinski definition) is 0. The number of hydrogen-bond acceptors (Lipinski definition) is 0. The molecule has 0 spiro atoms. The summed E-state index contributed by atoms with van der Waals surface area (Å²) in [6, 6.07) is 0. The molecule has 0 amide bonds. The summed E-state index contributed by atoms with van der Waals surface area (Å²) < 4.78 is 0. The zero-order chi connectivity index (χ0) is 0. The van der Waals surface area contributed by atoms with Crippen molar-refractivity contribution in [1.29, 1.82) is 0 Å². The zero-order valence-corrected chi connectivity index (χ0v) is 6.40. The molecule has 0 fully saturated rings. The van der Waals surface area contributed by atoms with Crippen LogP contribution < -0.4 is 0 Å². The van der Waals surface area contributed by atoms with Crippen LogP contribution in [0.15, 0.2) is 0 Å². The second-order valence-corrected chi connectivity index (χ2v) is 0. The van der Waals surface area contributed by atoms with Gasteiger partial charge in [0.15, 0.2) is 0 Å². The Kier molecular flexibility index (Phi) is 450. The van der Waals surface area contributed by atoms with Crippen molar-refractivity contribution in [2.75, 3.05) is 0 Å². The molecule has 0 saturated carbocycles. The summed E-state index contributed by atoms with van der Waals surface area (Å²) in [6.07, 6.45) is 0. The molecule has 2 radical (unpaired) electrons. The van der Waals surface area contributed by atoms with Crippen LogP contribution in [0.4, 0.5) is 0 Å². The standard InChI is InChI=1S/Al.Cu.Fe.Mn.O/q+3;3*+2;-2. The molecule has 1 nitrogen and oxygen atoms in total. The molecule has 28 valence electrons. The van der Waals surface area contributed by atoms with Gasteiger partial charge in [0.25, 0.3) is 0 Å². The van der Waals surface area contributed by atoms with E-state index in [0.29, 0.717) is 0 Å². The van der Waals surface area contributed by atoms with Crippen LogP contribution >= 0.6 is 0 Å². The van der Waals surface area contributed by atoms with Gasteiger partial charge in [-0.1, -0.05) is 0 Å². The number of rotatable bonds is 0. The Labute approximate surface area is 73.5 Å². The van der Waals surface area contributed by atoms with Crippen molar-refractivity contribution in [2.45, 2.75) is 0 Å². The van der Waals surface area contributed by atoms with Gasteiger partial charge in [-0.15, -0.1) is 0 Å². The first-order chi connectivity index (χ1) is 0. The van der Waals surface area contributed by atoms with Crippen LogP contribution in [0.2, 0.25) is 0 Å². The van der Waals surface area contributed by atoms with Gasteiger partial charge in [-0.3, -0.25) is 0 Å². The van der Waals surface area contributed by atoms with Gasteiger partial charge in [0.1, 0.15) is 0 Å². The van der Waals surface area contributed by atoms with E-state index in [9.17, 15) is 0 Å². The predicted octanol–water partition coefficient (Wildman–Crippen LogP) is -0.507. The second-order valence-electron chi connectivity index (χ2n) is 0. The average Bonchev–Trinajstić information content (AvgIpc) is 0. The van der Waals surface area contributed by atoms with E-state index < -0.39 is 0 Å². The molecule has 0 bridgehead atoms. The largest absolute Gasteiger partial charge is 3.00 e. The molecule has 0 rings (SSSR count). The van der Waals surface area contributed by atoms with E-state index in [1.54, 1.807) is 0 Å². The van der Waals surface area contributed by atoms with Crippen LogP contribution in [0.5, 0.6) is 0 Å². The molecule has 0 heterocycles. The fourth-order valence-corrected chi connectivity index (χ4v) is 0. The Morgan fingerprint density at radius 2 is 1.00 bits per heavy atom. The van der Waals surface area contributed by atoms with E-state index >= 15 is 0 Å². The smallest absolute Gasteiger partial charge is 2.00 e. The molecule has 0 aliphatic carbocycles. The molecule has 0 atom stereocenters. The minimum absolute atomic E-state index is 0. The summed E-state index contributed by atoms with van der Waals surface area (Å²) in [4.78, 5) is 0. The third kappa shape index (κ3) is 23.6. The summed E-state index contributed by atoms with van der Waals surface area (Å²) >= 11 is 0. The Hall–Kier alpha value is 2.05. The van der Waals surface area contributed by atoms with Crippen LogP contribution in [-0.4, -0.2) is 17.4 Å². The van der Waals surface area contributed by atoms with Gasteiger partial charge in [-0.2, -0.15) is 0 Å². The van der Waals surface area contributed by atoms with E-state index in [1.165, 1.54) is 0 Å². The van der Waals surface area contributed by atoms with Gasteiger partial charge in [-0.25, -0.2) is 0 Å². The quantitative estimate of drug-likeness (QED) is 0.489. The molecule has 0 aliphatic heterocycles. The average molecular weight is 217 g/mol. The van der Waals surface area contributed by atoms with Gasteiger partial charge >= 0.3 is 68.6 Å². The maximum absolute atomic E-state index is 0. The van der Waals surface area contributed by atoms with Gasteiger partial charge in [0.05, 0.1) is 0 Å². The van der Waals surface area contributed by atoms with Crippen LogP contribution in [0, 0.1) is 0 Å². The van der Waals surface area contributed by atoms with Crippen LogP contribution in [0.3, 0.4) is 0 Å². The Morgan fingerprint density at radius 1 is 1.00 bits per heavy atom. The van der Waals surface area contributed by atoms with E-state index in [1.807, 2.05) is 0 Å². The van der Waals surface area contributed by atoms with Crippen LogP contribution in [0.1, 0.15) is 0 Å². The van der Waals surface area contributed by atoms with Crippen molar-refractivity contribution in [2.24, 2.45) is 0 Å². The van der Waals surface area contributed by atoms with E-state index in [4.69, 9.17) is 0 Å². The molecule has 5 heteroatoms. The Bertz CT molecular complexity index is 11.6. The Balaban J connectivity index is 0. The van der Waals surface area contributed by atoms with Crippen molar-refractivity contribution in [3.63, 3.8) is 0 Å². The summed E-state index contributed by atoms with van der Waals surface area (Å²) in [6.45, 7) is 0. The van der Waals surface area contributed by atoms with Crippen molar-refractivity contribution >= 4 is 17.4 Å². The monoisotopic (exact) mass is 217 g/mol. The summed E-state index contributed by atoms with van der Waals surface area (Å²) in [5.41, 5.74) is 0. The van der Waals surface area contributed by atoms with Crippen molar-refractivity contribution < 1.29 is 56.7 Å². The van der Waals surface area contributed by atoms with Crippen LogP contribution in [-0.2, 0) is 56.7 Å². The van der Waals surface area contributed by atoms with E-state index in [-0.39, 0.29) is 74.0 Å². The fraction of sp³-hybridized carbons (Fsp3) is 0. The third-order valence-electron chi connectivity index (χ3n) is 0. The van der Waals surface area contributed by atoms with Crippen molar-refractivity contribution in [1.82, 2.24) is 0 Å². The van der Waals surface area contributed by atoms with Crippen molar-refractivity contribution in [3.05, 3.63) is 0 Å². The first-order valence-electron chi connectivity index (χ1n) is 0. The van der Waals surface area contributed by atoms with Gasteiger partial charge in [0, 0.05) is 0 Å². The molecule has 0 aromatic heterocycles. The summed E-state index contributed by atoms with van der Waals surface area (Å²) in [5.74, 6) is 0. The predicted molar refractivity (Wildman–Crippen MR) is 6.44 cm³/mol. The van der Waals surface area contributed by atoms with Crippen LogP contribution in [0.25, 0.3) is 0 Å². The molecular weight excluding hydrogens is 217 g/mol. The van der Waals surface area contributed by atoms with Gasteiger partial charge in [-0.05, 0) is 0 Å². The minimum Gasteiger partial charge on any atom is -2.00 e. The molecule has 0 unspecified atom stereocenters. The topological polar surface area (TPSA) is 28.5 Å². The van der Waals surface area contributed by atoms with Crippen molar-refractivity contribution in [3.8, 4) is 0 Å². The normalized spacial score (nSPS) is 0. The third-order valence-corrected chi connectivity index (χ3v) is 0. The minimum atomic E-state index is 0.